The summed E-state index contributed by atoms with van der Waals surface area (Å²) in [5, 5.41) is 18.1. The van der Waals surface area contributed by atoms with E-state index in [4.69, 9.17) is 10.2 Å². The van der Waals surface area contributed by atoms with Crippen molar-refractivity contribution >= 4 is 0 Å². The van der Waals surface area contributed by atoms with Crippen molar-refractivity contribution in [3.05, 3.63) is 0 Å². The van der Waals surface area contributed by atoms with Crippen molar-refractivity contribution in [3.8, 4) is 0 Å². The topological polar surface area (TPSA) is 40.5 Å². The molecular weight excluding hydrogens is 116 g/mol. The summed E-state index contributed by atoms with van der Waals surface area (Å²) in [6.07, 6.45) is -0.0450. The molecule has 2 heteroatoms. The number of hydrogen-bond acceptors (Lipinski definition) is 2. The normalized spacial score (nSPS) is 21.0. The van der Waals surface area contributed by atoms with E-state index in [0.29, 0.717) is 6.42 Å². The predicted octanol–water partition coefficient (Wildman–Crippen LogP) is 0.774. The number of hydrogen-bond donors (Lipinski definition) is 2. The van der Waals surface area contributed by atoms with Gasteiger partial charge in [0, 0.05) is 5.92 Å². The van der Waals surface area contributed by atoms with E-state index in [1.165, 1.54) is 0 Å². The molecule has 0 aliphatic carbocycles. The van der Waals surface area contributed by atoms with E-state index in [-0.39, 0.29) is 12.0 Å². The first-order valence-electron chi connectivity index (χ1n) is 3.45. The molecule has 2 N–H and O–H groups in total. The smallest absolute Gasteiger partial charge is 0.0587 e. The number of aliphatic hydroxyl groups is 2. The summed E-state index contributed by atoms with van der Waals surface area (Å²) in [7, 11) is 0. The minimum atomic E-state index is -0.403. The van der Waals surface area contributed by atoms with Crippen LogP contribution in [0.3, 0.4) is 0 Å². The second kappa shape index (κ2) is 3.85. The maximum atomic E-state index is 9.14. The Hall–Kier alpha value is -0.0800. The van der Waals surface area contributed by atoms with Crippen LogP contribution in [0.15, 0.2) is 0 Å². The standard InChI is InChI=1S/C7H16O2/c1-4-7(9)5(2)6(3)8/h5-9H,4H2,1-3H3. The molecule has 0 heterocycles. The Bertz CT molecular complexity index is 71.3. The highest BCUT2D eigenvalue weighted by Crippen LogP contribution is 2.10. The Morgan fingerprint density at radius 3 is 1.78 bits per heavy atom. The molecule has 56 valence electrons. The fourth-order valence-corrected chi connectivity index (χ4v) is 0.693. The zero-order chi connectivity index (χ0) is 7.44. The zero-order valence-electron chi connectivity index (χ0n) is 6.33. The van der Waals surface area contributed by atoms with Crippen molar-refractivity contribution in [2.75, 3.05) is 0 Å². The predicted molar refractivity (Wildman–Crippen MR) is 37.1 cm³/mol. The lowest BCUT2D eigenvalue weighted by Gasteiger charge is -2.19. The summed E-state index contributed by atoms with van der Waals surface area (Å²) in [5.74, 6) is -0.00463. The van der Waals surface area contributed by atoms with Crippen molar-refractivity contribution in [3.63, 3.8) is 0 Å². The SMILES string of the molecule is CCC(O)C(C)C(C)O. The van der Waals surface area contributed by atoms with Gasteiger partial charge in [-0.25, -0.2) is 0 Å². The second-order valence-electron chi connectivity index (χ2n) is 2.58. The Kier molecular flexibility index (Phi) is 3.82. The minimum Gasteiger partial charge on any atom is -0.393 e. The van der Waals surface area contributed by atoms with Gasteiger partial charge in [-0.1, -0.05) is 13.8 Å². The first-order chi connectivity index (χ1) is 4.09. The minimum absolute atomic E-state index is 0.00463. The van der Waals surface area contributed by atoms with Crippen molar-refractivity contribution in [2.24, 2.45) is 5.92 Å². The third-order valence-corrected chi connectivity index (χ3v) is 1.79. The van der Waals surface area contributed by atoms with Crippen LogP contribution in [0.5, 0.6) is 0 Å². The van der Waals surface area contributed by atoms with Gasteiger partial charge in [-0.15, -0.1) is 0 Å². The van der Waals surface area contributed by atoms with E-state index in [0.717, 1.165) is 0 Å². The van der Waals surface area contributed by atoms with Gasteiger partial charge in [-0.2, -0.15) is 0 Å². The molecule has 3 atom stereocenters. The molecule has 0 aliphatic heterocycles. The summed E-state index contributed by atoms with van der Waals surface area (Å²) in [5.41, 5.74) is 0. The van der Waals surface area contributed by atoms with Gasteiger partial charge in [0.2, 0.25) is 0 Å². The molecule has 0 rings (SSSR count). The molecule has 0 spiro atoms. The molecule has 0 amide bonds. The Balaban J connectivity index is 3.58. The highest BCUT2D eigenvalue weighted by atomic mass is 16.3. The van der Waals surface area contributed by atoms with Gasteiger partial charge in [0.05, 0.1) is 12.2 Å². The number of rotatable bonds is 3. The fraction of sp³-hybridized carbons (Fsp3) is 1.00. The molecule has 0 saturated carbocycles. The fourth-order valence-electron chi connectivity index (χ4n) is 0.693. The summed E-state index contributed by atoms with van der Waals surface area (Å²) in [6, 6.07) is 0. The monoisotopic (exact) mass is 132 g/mol. The maximum absolute atomic E-state index is 9.14. The van der Waals surface area contributed by atoms with Gasteiger partial charge in [0.25, 0.3) is 0 Å². The van der Waals surface area contributed by atoms with E-state index in [9.17, 15) is 0 Å². The van der Waals surface area contributed by atoms with Gasteiger partial charge in [0.15, 0.2) is 0 Å². The highest BCUT2D eigenvalue weighted by molar-refractivity contribution is 4.66. The Labute approximate surface area is 56.5 Å². The van der Waals surface area contributed by atoms with E-state index in [1.54, 1.807) is 6.92 Å². The third kappa shape index (κ3) is 2.82. The van der Waals surface area contributed by atoms with Crippen LogP contribution in [0.4, 0.5) is 0 Å². The molecule has 0 aliphatic rings. The van der Waals surface area contributed by atoms with E-state index >= 15 is 0 Å². The molecule has 3 unspecified atom stereocenters. The van der Waals surface area contributed by atoms with Crippen LogP contribution in [-0.2, 0) is 0 Å². The summed E-state index contributed by atoms with van der Waals surface area (Å²) < 4.78 is 0. The molecule has 2 nitrogen and oxygen atoms in total. The summed E-state index contributed by atoms with van der Waals surface area (Å²) in [6.45, 7) is 5.45. The van der Waals surface area contributed by atoms with Gasteiger partial charge in [-0.3, -0.25) is 0 Å². The summed E-state index contributed by atoms with van der Waals surface area (Å²) in [4.78, 5) is 0. The molecule has 0 fully saturated rings. The van der Waals surface area contributed by atoms with Gasteiger partial charge in [-0.05, 0) is 13.3 Å². The van der Waals surface area contributed by atoms with Crippen molar-refractivity contribution in [1.29, 1.82) is 0 Å². The first-order valence-corrected chi connectivity index (χ1v) is 3.45. The molecular formula is C7H16O2. The lowest BCUT2D eigenvalue weighted by molar-refractivity contribution is 0.0298. The van der Waals surface area contributed by atoms with Crippen LogP contribution < -0.4 is 0 Å². The Morgan fingerprint density at radius 2 is 1.67 bits per heavy atom. The van der Waals surface area contributed by atoms with Crippen molar-refractivity contribution in [1.82, 2.24) is 0 Å². The highest BCUT2D eigenvalue weighted by Gasteiger charge is 2.16. The summed E-state index contributed by atoms with van der Waals surface area (Å²) >= 11 is 0. The van der Waals surface area contributed by atoms with Crippen molar-refractivity contribution in [2.45, 2.75) is 39.4 Å². The van der Waals surface area contributed by atoms with Crippen molar-refractivity contribution < 1.29 is 10.2 Å². The average molecular weight is 132 g/mol. The lowest BCUT2D eigenvalue weighted by atomic mass is 9.98. The largest absolute Gasteiger partial charge is 0.393 e. The molecule has 0 aromatic rings. The van der Waals surface area contributed by atoms with Crippen LogP contribution in [0.2, 0.25) is 0 Å². The molecule has 0 aromatic heterocycles. The molecule has 0 saturated heterocycles. The van der Waals surface area contributed by atoms with Crippen LogP contribution in [-0.4, -0.2) is 22.4 Å². The van der Waals surface area contributed by atoms with Gasteiger partial charge in [0.1, 0.15) is 0 Å². The van der Waals surface area contributed by atoms with Crippen LogP contribution in [0.1, 0.15) is 27.2 Å². The first kappa shape index (κ1) is 8.92. The van der Waals surface area contributed by atoms with E-state index in [2.05, 4.69) is 0 Å². The van der Waals surface area contributed by atoms with E-state index in [1.807, 2.05) is 13.8 Å². The van der Waals surface area contributed by atoms with E-state index < -0.39 is 6.10 Å². The zero-order valence-corrected chi connectivity index (χ0v) is 6.33. The molecule has 0 radical (unpaired) electrons. The molecule has 9 heavy (non-hydrogen) atoms. The van der Waals surface area contributed by atoms with Crippen LogP contribution >= 0.6 is 0 Å². The quantitative estimate of drug-likeness (QED) is 0.595. The Morgan fingerprint density at radius 1 is 1.22 bits per heavy atom. The van der Waals surface area contributed by atoms with Gasteiger partial charge < -0.3 is 10.2 Å². The molecule has 0 bridgehead atoms. The number of aliphatic hydroxyl groups excluding tert-OH is 2. The second-order valence-corrected chi connectivity index (χ2v) is 2.58. The average Bonchev–Trinajstić information content (AvgIpc) is 1.84. The third-order valence-electron chi connectivity index (χ3n) is 1.79. The van der Waals surface area contributed by atoms with Gasteiger partial charge >= 0.3 is 0 Å². The lowest BCUT2D eigenvalue weighted by Crippen LogP contribution is -2.26. The van der Waals surface area contributed by atoms with Crippen LogP contribution in [0.25, 0.3) is 0 Å². The molecule has 0 aromatic carbocycles. The maximum Gasteiger partial charge on any atom is 0.0587 e. The van der Waals surface area contributed by atoms with Crippen LogP contribution in [0, 0.1) is 5.92 Å².